The van der Waals surface area contributed by atoms with Crippen molar-refractivity contribution in [2.24, 2.45) is 0 Å². The fourth-order valence-corrected chi connectivity index (χ4v) is 5.27. The van der Waals surface area contributed by atoms with Crippen molar-refractivity contribution in [3.8, 4) is 0 Å². The van der Waals surface area contributed by atoms with E-state index in [4.69, 9.17) is 25.5 Å². The predicted molar refractivity (Wildman–Crippen MR) is 99.7 cm³/mol. The summed E-state index contributed by atoms with van der Waals surface area (Å²) in [6.45, 7) is 6.14. The average molecular weight is 360 g/mol. The molecule has 0 saturated carbocycles. The lowest BCUT2D eigenvalue weighted by Gasteiger charge is -2.24. The maximum absolute atomic E-state index is 5.48. The van der Waals surface area contributed by atoms with E-state index in [0.29, 0.717) is 0 Å². The fraction of sp³-hybridized carbons (Fsp3) is 0.533. The molecule has 0 radical (unpaired) electrons. The van der Waals surface area contributed by atoms with Crippen LogP contribution >= 0.6 is 24.0 Å². The second-order valence-corrected chi connectivity index (χ2v) is 9.12. The van der Waals surface area contributed by atoms with E-state index in [9.17, 15) is 0 Å². The van der Waals surface area contributed by atoms with E-state index < -0.39 is 8.80 Å². The average Bonchev–Trinajstić information content (AvgIpc) is 2.57. The van der Waals surface area contributed by atoms with Crippen molar-refractivity contribution < 1.29 is 13.3 Å². The first-order chi connectivity index (χ1) is 10.6. The van der Waals surface area contributed by atoms with Crippen LogP contribution in [0.2, 0.25) is 0 Å². The Morgan fingerprint density at radius 2 is 1.55 bits per heavy atom. The van der Waals surface area contributed by atoms with Crippen molar-refractivity contribution in [3.05, 3.63) is 29.8 Å². The fourth-order valence-electron chi connectivity index (χ4n) is 2.13. The number of rotatable bonds is 8. The molecule has 0 aliphatic heterocycles. The minimum Gasteiger partial charge on any atom is -0.373 e. The van der Waals surface area contributed by atoms with Crippen molar-refractivity contribution in [2.45, 2.75) is 19.6 Å². The molecule has 0 fully saturated rings. The summed E-state index contributed by atoms with van der Waals surface area (Å²) in [6.07, 6.45) is 0. The molecular formula is C15H25NO3S2Si. The molecule has 0 atom stereocenters. The van der Waals surface area contributed by atoms with E-state index in [1.54, 1.807) is 33.1 Å². The normalized spacial score (nSPS) is 11.5. The second kappa shape index (κ2) is 9.64. The zero-order valence-corrected chi connectivity index (χ0v) is 16.6. The highest BCUT2D eigenvalue weighted by molar-refractivity contribution is 8.22. The molecule has 22 heavy (non-hydrogen) atoms. The Hall–Kier alpha value is -0.443. The van der Waals surface area contributed by atoms with E-state index >= 15 is 0 Å². The first-order valence-corrected chi connectivity index (χ1v) is 10.3. The molecule has 0 spiro atoms. The smallest absolute Gasteiger partial charge is 0.373 e. The summed E-state index contributed by atoms with van der Waals surface area (Å²) in [5.74, 6) is 0.858. The summed E-state index contributed by atoms with van der Waals surface area (Å²) in [6, 6.07) is 8.18. The zero-order chi connectivity index (χ0) is 16.6. The van der Waals surface area contributed by atoms with Gasteiger partial charge in [-0.1, -0.05) is 48.2 Å². The third-order valence-corrected chi connectivity index (χ3v) is 7.75. The molecule has 1 aromatic rings. The van der Waals surface area contributed by atoms with Gasteiger partial charge in [0.05, 0.1) is 0 Å². The Kier molecular flexibility index (Phi) is 8.59. The number of benzene rings is 1. The van der Waals surface area contributed by atoms with Gasteiger partial charge in [0.2, 0.25) is 0 Å². The highest BCUT2D eigenvalue weighted by Gasteiger charge is 2.40. The quantitative estimate of drug-likeness (QED) is 0.524. The SMILES string of the molecule is CCN(CC)C(=S)SCc1ccc([Si](OC)(OC)OC)cc1. The summed E-state index contributed by atoms with van der Waals surface area (Å²) in [5, 5.41) is 0.958. The topological polar surface area (TPSA) is 30.9 Å². The third kappa shape index (κ3) is 4.77. The molecule has 124 valence electrons. The largest absolute Gasteiger partial charge is 0.536 e. The predicted octanol–water partition coefficient (Wildman–Crippen LogP) is 2.63. The van der Waals surface area contributed by atoms with Gasteiger partial charge in [-0.05, 0) is 19.4 Å². The van der Waals surface area contributed by atoms with Crippen LogP contribution in [0.3, 0.4) is 0 Å². The lowest BCUT2D eigenvalue weighted by molar-refractivity contribution is 0.140. The van der Waals surface area contributed by atoms with Gasteiger partial charge in [-0.3, -0.25) is 0 Å². The summed E-state index contributed by atoms with van der Waals surface area (Å²) < 4.78 is 17.4. The molecule has 0 aliphatic rings. The number of thiocarbonyl (C=S) groups is 1. The summed E-state index contributed by atoms with van der Waals surface area (Å²) in [5.41, 5.74) is 1.22. The zero-order valence-electron chi connectivity index (χ0n) is 13.9. The number of hydrogen-bond donors (Lipinski definition) is 0. The Morgan fingerprint density at radius 3 is 1.95 bits per heavy atom. The van der Waals surface area contributed by atoms with Crippen LogP contribution in [0.5, 0.6) is 0 Å². The van der Waals surface area contributed by atoms with Gasteiger partial charge in [0.25, 0.3) is 0 Å². The van der Waals surface area contributed by atoms with Gasteiger partial charge in [0, 0.05) is 45.4 Å². The van der Waals surface area contributed by atoms with E-state index in [0.717, 1.165) is 28.3 Å². The molecule has 0 aliphatic carbocycles. The number of thioether (sulfide) groups is 1. The van der Waals surface area contributed by atoms with Gasteiger partial charge in [-0.15, -0.1) is 0 Å². The van der Waals surface area contributed by atoms with E-state index in [1.807, 2.05) is 12.1 Å². The first-order valence-electron chi connectivity index (χ1n) is 7.23. The first kappa shape index (κ1) is 19.6. The molecule has 0 aromatic heterocycles. The molecule has 1 rings (SSSR count). The minimum atomic E-state index is -2.73. The molecule has 1 aromatic carbocycles. The van der Waals surface area contributed by atoms with Crippen molar-refractivity contribution in [1.82, 2.24) is 4.90 Å². The standard InChI is InChI=1S/C15H25NO3S2Si/c1-6-16(7-2)15(20)21-12-13-8-10-14(11-9-13)22(17-3,18-4)19-5/h8-11H,6-7,12H2,1-5H3. The van der Waals surface area contributed by atoms with Gasteiger partial charge < -0.3 is 18.2 Å². The highest BCUT2D eigenvalue weighted by atomic mass is 32.2. The van der Waals surface area contributed by atoms with Crippen LogP contribution in [0.15, 0.2) is 24.3 Å². The summed E-state index contributed by atoms with van der Waals surface area (Å²) in [4.78, 5) is 2.19. The van der Waals surface area contributed by atoms with E-state index in [1.165, 1.54) is 5.56 Å². The van der Waals surface area contributed by atoms with E-state index in [-0.39, 0.29) is 0 Å². The van der Waals surface area contributed by atoms with Gasteiger partial charge in [0.1, 0.15) is 4.32 Å². The Balaban J connectivity index is 2.71. The minimum absolute atomic E-state index is 0.858. The third-order valence-electron chi connectivity index (χ3n) is 3.50. The lowest BCUT2D eigenvalue weighted by atomic mass is 10.2. The van der Waals surface area contributed by atoms with Crippen LogP contribution in [0, 0.1) is 0 Å². The van der Waals surface area contributed by atoms with Gasteiger partial charge in [-0.25, -0.2) is 0 Å². The van der Waals surface area contributed by atoms with Crippen LogP contribution in [0.4, 0.5) is 0 Å². The highest BCUT2D eigenvalue weighted by Crippen LogP contribution is 2.17. The molecular weight excluding hydrogens is 334 g/mol. The van der Waals surface area contributed by atoms with Gasteiger partial charge in [-0.2, -0.15) is 0 Å². The second-order valence-electron chi connectivity index (χ2n) is 4.59. The molecule has 0 saturated heterocycles. The van der Waals surface area contributed by atoms with Gasteiger partial charge in [0.15, 0.2) is 0 Å². The monoisotopic (exact) mass is 359 g/mol. The van der Waals surface area contributed by atoms with Crippen LogP contribution in [0.25, 0.3) is 0 Å². The van der Waals surface area contributed by atoms with Crippen LogP contribution in [-0.4, -0.2) is 52.4 Å². The Morgan fingerprint density at radius 1 is 1.05 bits per heavy atom. The maximum Gasteiger partial charge on any atom is 0.536 e. The molecule has 0 bridgehead atoms. The summed E-state index contributed by atoms with van der Waals surface area (Å²) in [7, 11) is 2.12. The molecule has 0 unspecified atom stereocenters. The molecule has 0 heterocycles. The number of hydrogen-bond acceptors (Lipinski definition) is 5. The van der Waals surface area contributed by atoms with Crippen molar-refractivity contribution in [2.75, 3.05) is 34.4 Å². The lowest BCUT2D eigenvalue weighted by Crippen LogP contribution is -2.54. The molecule has 0 amide bonds. The van der Waals surface area contributed by atoms with Crippen molar-refractivity contribution >= 4 is 42.3 Å². The Bertz CT molecular complexity index is 454. The van der Waals surface area contributed by atoms with Crippen molar-refractivity contribution in [1.29, 1.82) is 0 Å². The van der Waals surface area contributed by atoms with E-state index in [2.05, 4.69) is 30.9 Å². The van der Waals surface area contributed by atoms with Crippen molar-refractivity contribution in [3.63, 3.8) is 0 Å². The molecule has 4 nitrogen and oxygen atoms in total. The molecule has 0 N–H and O–H groups in total. The van der Waals surface area contributed by atoms with Crippen LogP contribution in [0.1, 0.15) is 19.4 Å². The molecule has 7 heteroatoms. The Labute approximate surface area is 144 Å². The number of nitrogens with zero attached hydrogens (tertiary/aromatic N) is 1. The van der Waals surface area contributed by atoms with Gasteiger partial charge >= 0.3 is 8.80 Å². The van der Waals surface area contributed by atoms with Crippen LogP contribution in [-0.2, 0) is 19.0 Å². The summed E-state index contributed by atoms with van der Waals surface area (Å²) >= 11 is 7.14. The maximum atomic E-state index is 5.48. The van der Waals surface area contributed by atoms with Crippen LogP contribution < -0.4 is 5.19 Å².